The van der Waals surface area contributed by atoms with Gasteiger partial charge in [-0.05, 0) is 39.8 Å². The maximum absolute atomic E-state index is 11.3. The van der Waals surface area contributed by atoms with Crippen LogP contribution in [-0.4, -0.2) is 31.3 Å². The molecule has 8 heteroatoms. The Labute approximate surface area is 148 Å². The highest BCUT2D eigenvalue weighted by Gasteiger charge is 2.26. The van der Waals surface area contributed by atoms with E-state index in [4.69, 9.17) is 4.74 Å². The molecule has 0 aliphatic carbocycles. The van der Waals surface area contributed by atoms with Gasteiger partial charge >= 0.3 is 5.97 Å². The number of allylic oxidation sites excluding steroid dienone is 1. The van der Waals surface area contributed by atoms with Crippen LogP contribution in [0.2, 0.25) is 0 Å². The predicted octanol–water partition coefficient (Wildman–Crippen LogP) is 2.24. The third kappa shape index (κ3) is 3.12. The summed E-state index contributed by atoms with van der Waals surface area (Å²) in [5, 5.41) is 23.3. The van der Waals surface area contributed by atoms with E-state index in [0.29, 0.717) is 12.6 Å². The Bertz CT molecular complexity index is 950. The highest BCUT2D eigenvalue weighted by molar-refractivity contribution is 5.90. The average Bonchev–Trinajstić information content (AvgIpc) is 3.15. The third-order valence-corrected chi connectivity index (χ3v) is 4.03. The van der Waals surface area contributed by atoms with E-state index in [9.17, 15) is 9.90 Å². The summed E-state index contributed by atoms with van der Waals surface area (Å²) >= 11 is 0. The first kappa shape index (κ1) is 15.8. The normalized spacial score (nSPS) is 15.5. The molecule has 1 aliphatic heterocycles. The van der Waals surface area contributed by atoms with Crippen LogP contribution in [0.15, 0.2) is 66.4 Å². The molecule has 1 atom stereocenters. The van der Waals surface area contributed by atoms with E-state index in [2.05, 4.69) is 20.8 Å². The van der Waals surface area contributed by atoms with E-state index in [-0.39, 0.29) is 5.70 Å². The number of nitrogens with zero attached hydrogens (tertiary/aromatic N) is 4. The number of anilines is 1. The highest BCUT2D eigenvalue weighted by Crippen LogP contribution is 2.29. The van der Waals surface area contributed by atoms with Crippen molar-refractivity contribution in [2.45, 2.75) is 12.6 Å². The number of carboxylic acid groups (broad SMARTS) is 1. The minimum Gasteiger partial charge on any atom is -0.489 e. The molecule has 2 N–H and O–H groups in total. The molecule has 3 aromatic rings. The summed E-state index contributed by atoms with van der Waals surface area (Å²) in [6, 6.07) is 16.9. The van der Waals surface area contributed by atoms with E-state index in [1.807, 2.05) is 54.6 Å². The number of carbonyl (C=O) groups is 1. The lowest BCUT2D eigenvalue weighted by atomic mass is 10.0. The second kappa shape index (κ2) is 6.67. The molecule has 1 aliphatic rings. The van der Waals surface area contributed by atoms with Crippen molar-refractivity contribution in [1.82, 2.24) is 20.2 Å². The zero-order valence-electron chi connectivity index (χ0n) is 13.6. The lowest BCUT2D eigenvalue weighted by Crippen LogP contribution is -2.24. The van der Waals surface area contributed by atoms with Crippen molar-refractivity contribution in [3.63, 3.8) is 0 Å². The van der Waals surface area contributed by atoms with Crippen LogP contribution in [0.5, 0.6) is 5.75 Å². The van der Waals surface area contributed by atoms with Gasteiger partial charge in [0.05, 0.1) is 0 Å². The summed E-state index contributed by atoms with van der Waals surface area (Å²) in [5.41, 5.74) is 1.98. The van der Waals surface area contributed by atoms with Crippen LogP contribution >= 0.6 is 0 Å². The average molecular weight is 349 g/mol. The molecule has 0 radical (unpaired) electrons. The van der Waals surface area contributed by atoms with E-state index < -0.39 is 12.0 Å². The first-order valence-corrected chi connectivity index (χ1v) is 7.97. The molecular formula is C18H15N5O3. The van der Waals surface area contributed by atoms with Gasteiger partial charge in [0.1, 0.15) is 24.1 Å². The number of tetrazole rings is 1. The van der Waals surface area contributed by atoms with E-state index in [1.165, 1.54) is 4.68 Å². The lowest BCUT2D eigenvalue weighted by Gasteiger charge is -2.21. The zero-order valence-corrected chi connectivity index (χ0v) is 13.6. The molecule has 8 nitrogen and oxygen atoms in total. The quantitative estimate of drug-likeness (QED) is 0.728. The molecule has 0 fully saturated rings. The van der Waals surface area contributed by atoms with Gasteiger partial charge in [-0.2, -0.15) is 4.68 Å². The molecule has 1 aromatic heterocycles. The van der Waals surface area contributed by atoms with Crippen LogP contribution in [0.1, 0.15) is 17.2 Å². The number of hydrogen-bond donors (Lipinski definition) is 2. The number of aliphatic carboxylic acids is 1. The number of rotatable bonds is 5. The fourth-order valence-electron chi connectivity index (χ4n) is 2.72. The number of benzene rings is 2. The second-order valence-corrected chi connectivity index (χ2v) is 5.75. The monoisotopic (exact) mass is 349 g/mol. The fraction of sp³-hybridized carbons (Fsp3) is 0.111. The van der Waals surface area contributed by atoms with Gasteiger partial charge in [0.2, 0.25) is 5.95 Å². The van der Waals surface area contributed by atoms with Crippen molar-refractivity contribution in [3.05, 3.63) is 77.5 Å². The van der Waals surface area contributed by atoms with Crippen molar-refractivity contribution in [3.8, 4) is 5.75 Å². The van der Waals surface area contributed by atoms with Crippen molar-refractivity contribution in [2.24, 2.45) is 0 Å². The Balaban J connectivity index is 1.54. The maximum atomic E-state index is 11.3. The molecule has 0 saturated carbocycles. The van der Waals surface area contributed by atoms with Crippen LogP contribution in [0.25, 0.3) is 0 Å². The van der Waals surface area contributed by atoms with Crippen LogP contribution in [0.4, 0.5) is 5.95 Å². The van der Waals surface area contributed by atoms with Gasteiger partial charge in [0, 0.05) is 0 Å². The molecule has 0 amide bonds. The van der Waals surface area contributed by atoms with Crippen LogP contribution in [0, 0.1) is 0 Å². The summed E-state index contributed by atoms with van der Waals surface area (Å²) in [7, 11) is 0. The number of aromatic nitrogens is 4. The number of fused-ring (bicyclic) bond motifs is 1. The Kier molecular flexibility index (Phi) is 4.06. The molecule has 0 unspecified atom stereocenters. The first-order valence-electron chi connectivity index (χ1n) is 7.97. The van der Waals surface area contributed by atoms with Gasteiger partial charge in [0.15, 0.2) is 0 Å². The highest BCUT2D eigenvalue weighted by atomic mass is 16.5. The zero-order chi connectivity index (χ0) is 17.9. The first-order chi connectivity index (χ1) is 12.7. The van der Waals surface area contributed by atoms with Crippen LogP contribution in [-0.2, 0) is 11.4 Å². The summed E-state index contributed by atoms with van der Waals surface area (Å²) < 4.78 is 7.31. The minimum absolute atomic E-state index is 0.0432. The Morgan fingerprint density at radius 1 is 1.15 bits per heavy atom. The third-order valence-electron chi connectivity index (χ3n) is 4.03. The van der Waals surface area contributed by atoms with E-state index >= 15 is 0 Å². The Morgan fingerprint density at radius 2 is 1.92 bits per heavy atom. The Morgan fingerprint density at radius 3 is 2.65 bits per heavy atom. The van der Waals surface area contributed by atoms with Crippen LogP contribution < -0.4 is 10.1 Å². The van der Waals surface area contributed by atoms with Crippen LogP contribution in [0.3, 0.4) is 0 Å². The van der Waals surface area contributed by atoms with Gasteiger partial charge in [0.25, 0.3) is 0 Å². The molecule has 130 valence electrons. The summed E-state index contributed by atoms with van der Waals surface area (Å²) in [5.74, 6) is -0.0442. The standard InChI is InChI=1S/C18H15N5O3/c24-17(25)15-10-16(23-18(19-15)20-21-22-23)13-6-8-14(9-7-13)26-11-12-4-2-1-3-5-12/h1-10,16H,11H2,(H,24,25)(H,19,20,22)/t16-/m1/s1. The number of carboxylic acids is 1. The van der Waals surface area contributed by atoms with Gasteiger partial charge < -0.3 is 15.2 Å². The summed E-state index contributed by atoms with van der Waals surface area (Å²) in [6.45, 7) is 0.480. The van der Waals surface area contributed by atoms with Gasteiger partial charge in [-0.25, -0.2) is 4.79 Å². The molecule has 26 heavy (non-hydrogen) atoms. The molecule has 0 saturated heterocycles. The summed E-state index contributed by atoms with van der Waals surface area (Å²) in [4.78, 5) is 11.3. The van der Waals surface area contributed by atoms with E-state index in [1.54, 1.807) is 6.08 Å². The van der Waals surface area contributed by atoms with Gasteiger partial charge in [-0.3, -0.25) is 0 Å². The van der Waals surface area contributed by atoms with Crippen molar-refractivity contribution >= 4 is 11.9 Å². The molecule has 2 aromatic carbocycles. The molecule has 0 spiro atoms. The van der Waals surface area contributed by atoms with Gasteiger partial charge in [-0.1, -0.05) is 47.6 Å². The fourth-order valence-corrected chi connectivity index (χ4v) is 2.72. The van der Waals surface area contributed by atoms with Crippen molar-refractivity contribution in [1.29, 1.82) is 0 Å². The summed E-state index contributed by atoms with van der Waals surface area (Å²) in [6.07, 6.45) is 1.57. The van der Waals surface area contributed by atoms with Gasteiger partial charge in [-0.15, -0.1) is 0 Å². The largest absolute Gasteiger partial charge is 0.489 e. The number of nitrogens with one attached hydrogen (secondary N) is 1. The molecular weight excluding hydrogens is 334 g/mol. The molecule has 2 heterocycles. The smallest absolute Gasteiger partial charge is 0.352 e. The maximum Gasteiger partial charge on any atom is 0.352 e. The minimum atomic E-state index is -1.06. The molecule has 0 bridgehead atoms. The second-order valence-electron chi connectivity index (χ2n) is 5.75. The lowest BCUT2D eigenvalue weighted by molar-refractivity contribution is -0.132. The topological polar surface area (TPSA) is 102 Å². The number of hydrogen-bond acceptors (Lipinski definition) is 6. The Hall–Kier alpha value is -3.68. The molecule has 4 rings (SSSR count). The van der Waals surface area contributed by atoms with Crippen molar-refractivity contribution in [2.75, 3.05) is 5.32 Å². The van der Waals surface area contributed by atoms with Crippen molar-refractivity contribution < 1.29 is 14.6 Å². The predicted molar refractivity (Wildman–Crippen MR) is 92.5 cm³/mol. The SMILES string of the molecule is O=C(O)C1=C[C@H](c2ccc(OCc3ccccc3)cc2)n2nnnc2N1. The van der Waals surface area contributed by atoms with E-state index in [0.717, 1.165) is 16.9 Å². The number of ether oxygens (including phenoxy) is 1.